The first-order valence-corrected chi connectivity index (χ1v) is 6.04. The molecule has 2 aliphatic rings. The fourth-order valence-electron chi connectivity index (χ4n) is 2.21. The third-order valence-electron chi connectivity index (χ3n) is 3.22. The van der Waals surface area contributed by atoms with E-state index < -0.39 is 31.4 Å². The zero-order chi connectivity index (χ0) is 14.3. The number of rotatable bonds is 6. The highest BCUT2D eigenvalue weighted by molar-refractivity contribution is 5.00. The SMILES string of the molecule is FC(F)(F)COC(OCC(F)(F)F)(C1CC1)C1CC1. The van der Waals surface area contributed by atoms with Crippen molar-refractivity contribution in [3.63, 3.8) is 0 Å². The van der Waals surface area contributed by atoms with E-state index >= 15 is 0 Å². The highest BCUT2D eigenvalue weighted by Gasteiger charge is 2.58. The van der Waals surface area contributed by atoms with Crippen molar-refractivity contribution in [3.05, 3.63) is 0 Å². The zero-order valence-electron chi connectivity index (χ0n) is 9.98. The summed E-state index contributed by atoms with van der Waals surface area (Å²) in [6, 6.07) is 0. The third-order valence-corrected chi connectivity index (χ3v) is 3.22. The maximum Gasteiger partial charge on any atom is 0.411 e. The summed E-state index contributed by atoms with van der Waals surface area (Å²) in [4.78, 5) is 0. The summed E-state index contributed by atoms with van der Waals surface area (Å²) >= 11 is 0. The zero-order valence-corrected chi connectivity index (χ0v) is 9.98. The molecule has 2 nitrogen and oxygen atoms in total. The largest absolute Gasteiger partial charge is 0.411 e. The second kappa shape index (κ2) is 4.80. The molecule has 0 radical (unpaired) electrons. The maximum absolute atomic E-state index is 12.2. The number of hydrogen-bond donors (Lipinski definition) is 0. The molecule has 0 aromatic carbocycles. The normalized spacial score (nSPS) is 21.8. The van der Waals surface area contributed by atoms with Gasteiger partial charge in [0.15, 0.2) is 5.79 Å². The second-order valence-electron chi connectivity index (χ2n) is 5.08. The molecule has 0 aromatic rings. The Morgan fingerprint density at radius 3 is 1.21 bits per heavy atom. The summed E-state index contributed by atoms with van der Waals surface area (Å²) in [5.74, 6) is -2.42. The average Bonchev–Trinajstić information content (AvgIpc) is 3.08. The van der Waals surface area contributed by atoms with Gasteiger partial charge in [-0.1, -0.05) is 0 Å². The number of alkyl halides is 6. The molecule has 19 heavy (non-hydrogen) atoms. The Hall–Kier alpha value is -0.500. The maximum atomic E-state index is 12.2. The monoisotopic (exact) mass is 292 g/mol. The third kappa shape index (κ3) is 4.24. The molecule has 0 spiro atoms. The molecule has 8 heteroatoms. The lowest BCUT2D eigenvalue weighted by molar-refractivity contribution is -0.326. The fraction of sp³-hybridized carbons (Fsp3) is 1.00. The van der Waals surface area contributed by atoms with Crippen LogP contribution in [0.5, 0.6) is 0 Å². The van der Waals surface area contributed by atoms with Crippen molar-refractivity contribution in [2.75, 3.05) is 13.2 Å². The van der Waals surface area contributed by atoms with Crippen LogP contribution >= 0.6 is 0 Å². The van der Waals surface area contributed by atoms with Crippen molar-refractivity contribution >= 4 is 0 Å². The number of halogens is 6. The molecule has 0 bridgehead atoms. The van der Waals surface area contributed by atoms with E-state index in [0.29, 0.717) is 25.7 Å². The van der Waals surface area contributed by atoms with Crippen LogP contribution in [0.2, 0.25) is 0 Å². The van der Waals surface area contributed by atoms with E-state index in [1.165, 1.54) is 0 Å². The molecule has 0 aliphatic heterocycles. The fourth-order valence-corrected chi connectivity index (χ4v) is 2.21. The lowest BCUT2D eigenvalue weighted by atomic mass is 10.1. The first-order valence-electron chi connectivity index (χ1n) is 6.04. The smallest absolute Gasteiger partial charge is 0.340 e. The molecule has 2 fully saturated rings. The van der Waals surface area contributed by atoms with Gasteiger partial charge in [0, 0.05) is 11.8 Å². The first-order chi connectivity index (χ1) is 8.62. The molecule has 0 saturated heterocycles. The van der Waals surface area contributed by atoms with E-state index in [0.717, 1.165) is 0 Å². The van der Waals surface area contributed by atoms with E-state index in [-0.39, 0.29) is 11.8 Å². The Morgan fingerprint density at radius 2 is 1.00 bits per heavy atom. The van der Waals surface area contributed by atoms with Crippen molar-refractivity contribution in [1.29, 1.82) is 0 Å². The van der Waals surface area contributed by atoms with Gasteiger partial charge in [-0.3, -0.25) is 0 Å². The highest BCUT2D eigenvalue weighted by Crippen LogP contribution is 2.55. The van der Waals surface area contributed by atoms with Crippen LogP contribution in [0, 0.1) is 11.8 Å². The molecular formula is C11H14F6O2. The van der Waals surface area contributed by atoms with Crippen LogP contribution in [0.4, 0.5) is 26.3 Å². The lowest BCUT2D eigenvalue weighted by Crippen LogP contribution is -2.45. The molecule has 0 N–H and O–H groups in total. The number of hydrogen-bond acceptors (Lipinski definition) is 2. The minimum Gasteiger partial charge on any atom is -0.340 e. The molecule has 2 saturated carbocycles. The van der Waals surface area contributed by atoms with Gasteiger partial charge in [-0.2, -0.15) is 26.3 Å². The molecule has 2 rings (SSSR count). The minimum atomic E-state index is -4.57. The van der Waals surface area contributed by atoms with Crippen LogP contribution in [0.3, 0.4) is 0 Å². The molecule has 0 amide bonds. The van der Waals surface area contributed by atoms with Crippen LogP contribution in [-0.2, 0) is 9.47 Å². The Labute approximate surface area is 106 Å². The van der Waals surface area contributed by atoms with E-state index in [4.69, 9.17) is 9.47 Å². The van der Waals surface area contributed by atoms with Crippen molar-refractivity contribution in [1.82, 2.24) is 0 Å². The van der Waals surface area contributed by atoms with Crippen LogP contribution in [0.25, 0.3) is 0 Å². The van der Waals surface area contributed by atoms with Gasteiger partial charge in [-0.05, 0) is 25.7 Å². The molecule has 0 atom stereocenters. The summed E-state index contributed by atoms with van der Waals surface area (Å²) in [5, 5.41) is 0. The summed E-state index contributed by atoms with van der Waals surface area (Å²) in [7, 11) is 0. The molecule has 112 valence electrons. The van der Waals surface area contributed by atoms with Crippen LogP contribution in [0.1, 0.15) is 25.7 Å². The Balaban J connectivity index is 2.03. The quantitative estimate of drug-likeness (QED) is 0.549. The summed E-state index contributed by atoms with van der Waals surface area (Å²) in [6.07, 6.45) is -6.95. The predicted octanol–water partition coefficient (Wildman–Crippen LogP) is 3.66. The Kier molecular flexibility index (Phi) is 3.77. The van der Waals surface area contributed by atoms with Crippen molar-refractivity contribution in [2.24, 2.45) is 11.8 Å². The molecule has 2 aliphatic carbocycles. The highest BCUT2D eigenvalue weighted by atomic mass is 19.4. The van der Waals surface area contributed by atoms with Gasteiger partial charge in [0.1, 0.15) is 13.2 Å². The lowest BCUT2D eigenvalue weighted by Gasteiger charge is -2.35. The van der Waals surface area contributed by atoms with Gasteiger partial charge in [0.25, 0.3) is 0 Å². The number of ether oxygens (including phenoxy) is 2. The Bertz CT molecular complexity index is 284. The molecule has 0 aromatic heterocycles. The van der Waals surface area contributed by atoms with Gasteiger partial charge in [-0.15, -0.1) is 0 Å². The van der Waals surface area contributed by atoms with Crippen LogP contribution in [0.15, 0.2) is 0 Å². The van der Waals surface area contributed by atoms with E-state index in [2.05, 4.69) is 0 Å². The molecular weight excluding hydrogens is 278 g/mol. The summed E-state index contributed by atoms with van der Waals surface area (Å²) < 4.78 is 82.9. The van der Waals surface area contributed by atoms with Gasteiger partial charge in [0.2, 0.25) is 0 Å². The molecule has 0 unspecified atom stereocenters. The summed E-state index contributed by atoms with van der Waals surface area (Å²) in [6.45, 7) is -3.14. The van der Waals surface area contributed by atoms with Gasteiger partial charge >= 0.3 is 12.4 Å². The van der Waals surface area contributed by atoms with Crippen molar-refractivity contribution in [2.45, 2.75) is 43.8 Å². The molecule has 0 heterocycles. The predicted molar refractivity (Wildman–Crippen MR) is 52.2 cm³/mol. The first kappa shape index (κ1) is 14.9. The van der Waals surface area contributed by atoms with Crippen molar-refractivity contribution < 1.29 is 35.8 Å². The van der Waals surface area contributed by atoms with Gasteiger partial charge in [-0.25, -0.2) is 0 Å². The average molecular weight is 292 g/mol. The topological polar surface area (TPSA) is 18.5 Å². The van der Waals surface area contributed by atoms with E-state index in [1.54, 1.807) is 0 Å². The van der Waals surface area contributed by atoms with Crippen LogP contribution in [-0.4, -0.2) is 31.4 Å². The van der Waals surface area contributed by atoms with E-state index in [9.17, 15) is 26.3 Å². The van der Waals surface area contributed by atoms with Gasteiger partial charge < -0.3 is 9.47 Å². The van der Waals surface area contributed by atoms with Gasteiger partial charge in [0.05, 0.1) is 0 Å². The standard InChI is InChI=1S/C11H14F6O2/c12-9(13,14)5-18-11(7-1-2-7,8-3-4-8)19-6-10(15,16)17/h7-8H,1-6H2. The summed E-state index contributed by atoms with van der Waals surface area (Å²) in [5.41, 5.74) is 0. The van der Waals surface area contributed by atoms with Crippen LogP contribution < -0.4 is 0 Å². The Morgan fingerprint density at radius 1 is 0.684 bits per heavy atom. The second-order valence-corrected chi connectivity index (χ2v) is 5.08. The minimum absolute atomic E-state index is 0.357. The van der Waals surface area contributed by atoms with E-state index in [1.807, 2.05) is 0 Å². The van der Waals surface area contributed by atoms with Crippen molar-refractivity contribution in [3.8, 4) is 0 Å².